The van der Waals surface area contributed by atoms with E-state index in [9.17, 15) is 4.39 Å². The number of nitrogens with zero attached hydrogens (tertiary/aromatic N) is 1. The summed E-state index contributed by atoms with van der Waals surface area (Å²) in [5.41, 5.74) is 7.81. The zero-order valence-corrected chi connectivity index (χ0v) is 7.44. The van der Waals surface area contributed by atoms with Gasteiger partial charge in [-0.15, -0.1) is 0 Å². The molecular formula is C11H9FN2. The molecule has 2 rings (SSSR count). The van der Waals surface area contributed by atoms with E-state index in [0.717, 1.165) is 11.1 Å². The topological polar surface area (TPSA) is 38.9 Å². The quantitative estimate of drug-likeness (QED) is 0.698. The van der Waals surface area contributed by atoms with Gasteiger partial charge in [0.15, 0.2) is 0 Å². The van der Waals surface area contributed by atoms with Crippen LogP contribution in [0.5, 0.6) is 0 Å². The Hall–Kier alpha value is -1.90. The lowest BCUT2D eigenvalue weighted by atomic mass is 10.1. The monoisotopic (exact) mass is 188 g/mol. The van der Waals surface area contributed by atoms with Gasteiger partial charge in [-0.3, -0.25) is 4.98 Å². The lowest BCUT2D eigenvalue weighted by Gasteiger charge is -2.04. The second kappa shape index (κ2) is 3.46. The molecule has 0 saturated heterocycles. The Bertz CT molecular complexity index is 440. The van der Waals surface area contributed by atoms with Gasteiger partial charge < -0.3 is 5.73 Å². The van der Waals surface area contributed by atoms with Gasteiger partial charge in [0.2, 0.25) is 0 Å². The number of pyridine rings is 1. The standard InChI is InChI=1S/C11H9FN2/c12-9-3-4-10(11(13)6-9)8-2-1-5-14-7-8/h1-7H,13H2. The smallest absolute Gasteiger partial charge is 0.125 e. The average molecular weight is 188 g/mol. The fourth-order valence-corrected chi connectivity index (χ4v) is 1.32. The summed E-state index contributed by atoms with van der Waals surface area (Å²) in [6.45, 7) is 0. The molecule has 1 heterocycles. The highest BCUT2D eigenvalue weighted by Crippen LogP contribution is 2.25. The highest BCUT2D eigenvalue weighted by Gasteiger charge is 2.02. The Morgan fingerprint density at radius 3 is 2.71 bits per heavy atom. The van der Waals surface area contributed by atoms with Gasteiger partial charge in [-0.05, 0) is 24.3 Å². The van der Waals surface area contributed by atoms with Crippen molar-refractivity contribution in [2.24, 2.45) is 0 Å². The molecule has 0 atom stereocenters. The normalized spacial score (nSPS) is 10.1. The molecule has 2 N–H and O–H groups in total. The zero-order chi connectivity index (χ0) is 9.97. The number of hydrogen-bond acceptors (Lipinski definition) is 2. The number of hydrogen-bond donors (Lipinski definition) is 1. The molecule has 2 nitrogen and oxygen atoms in total. The fourth-order valence-electron chi connectivity index (χ4n) is 1.32. The molecule has 0 aliphatic heterocycles. The molecule has 0 unspecified atom stereocenters. The number of benzene rings is 1. The summed E-state index contributed by atoms with van der Waals surface area (Å²) in [6, 6.07) is 8.05. The summed E-state index contributed by atoms with van der Waals surface area (Å²) in [7, 11) is 0. The van der Waals surface area contributed by atoms with Crippen LogP contribution in [0.3, 0.4) is 0 Å². The van der Waals surface area contributed by atoms with Crippen LogP contribution in [-0.2, 0) is 0 Å². The first-order valence-corrected chi connectivity index (χ1v) is 4.23. The highest BCUT2D eigenvalue weighted by molar-refractivity contribution is 5.75. The van der Waals surface area contributed by atoms with Gasteiger partial charge in [-0.1, -0.05) is 6.07 Å². The van der Waals surface area contributed by atoms with Crippen LogP contribution in [0.25, 0.3) is 11.1 Å². The molecule has 70 valence electrons. The van der Waals surface area contributed by atoms with Crippen LogP contribution in [0.15, 0.2) is 42.7 Å². The highest BCUT2D eigenvalue weighted by atomic mass is 19.1. The molecule has 0 bridgehead atoms. The maximum absolute atomic E-state index is 12.8. The van der Waals surface area contributed by atoms with Gasteiger partial charge in [-0.25, -0.2) is 4.39 Å². The van der Waals surface area contributed by atoms with Crippen LogP contribution in [0, 0.1) is 5.82 Å². The number of aromatic nitrogens is 1. The summed E-state index contributed by atoms with van der Waals surface area (Å²) < 4.78 is 12.8. The van der Waals surface area contributed by atoms with E-state index >= 15 is 0 Å². The van der Waals surface area contributed by atoms with Crippen molar-refractivity contribution in [3.8, 4) is 11.1 Å². The molecule has 0 spiro atoms. The van der Waals surface area contributed by atoms with Crippen molar-refractivity contribution < 1.29 is 4.39 Å². The summed E-state index contributed by atoms with van der Waals surface area (Å²) in [5, 5.41) is 0. The fraction of sp³-hybridized carbons (Fsp3) is 0. The summed E-state index contributed by atoms with van der Waals surface area (Å²) in [6.07, 6.45) is 3.38. The molecule has 0 radical (unpaired) electrons. The predicted octanol–water partition coefficient (Wildman–Crippen LogP) is 2.47. The van der Waals surface area contributed by atoms with Crippen LogP contribution in [0.1, 0.15) is 0 Å². The molecule has 0 fully saturated rings. The average Bonchev–Trinajstić information content (AvgIpc) is 2.19. The Kier molecular flexibility index (Phi) is 2.14. The Labute approximate surface area is 81.2 Å². The molecule has 1 aromatic carbocycles. The zero-order valence-electron chi connectivity index (χ0n) is 7.44. The van der Waals surface area contributed by atoms with Crippen LogP contribution < -0.4 is 5.73 Å². The minimum absolute atomic E-state index is 0.324. The maximum Gasteiger partial charge on any atom is 0.125 e. The van der Waals surface area contributed by atoms with E-state index < -0.39 is 0 Å². The van der Waals surface area contributed by atoms with E-state index in [0.29, 0.717) is 5.69 Å². The largest absolute Gasteiger partial charge is 0.398 e. The van der Waals surface area contributed by atoms with Gasteiger partial charge >= 0.3 is 0 Å². The molecule has 0 amide bonds. The number of rotatable bonds is 1. The van der Waals surface area contributed by atoms with Crippen molar-refractivity contribution in [1.29, 1.82) is 0 Å². The van der Waals surface area contributed by atoms with Crippen molar-refractivity contribution >= 4 is 5.69 Å². The second-order valence-corrected chi connectivity index (χ2v) is 2.97. The van der Waals surface area contributed by atoms with Crippen molar-refractivity contribution in [3.63, 3.8) is 0 Å². The van der Waals surface area contributed by atoms with Crippen molar-refractivity contribution in [1.82, 2.24) is 4.98 Å². The van der Waals surface area contributed by atoms with E-state index in [1.165, 1.54) is 12.1 Å². The number of nitrogen functional groups attached to an aromatic ring is 1. The molecule has 0 aliphatic rings. The number of nitrogens with two attached hydrogens (primary N) is 1. The van der Waals surface area contributed by atoms with E-state index in [2.05, 4.69) is 4.98 Å². The van der Waals surface area contributed by atoms with Crippen LogP contribution in [0.4, 0.5) is 10.1 Å². The lowest BCUT2D eigenvalue weighted by Crippen LogP contribution is -1.91. The van der Waals surface area contributed by atoms with Crippen molar-refractivity contribution in [2.75, 3.05) is 5.73 Å². The summed E-state index contributed by atoms with van der Waals surface area (Å²) in [5.74, 6) is -0.324. The first-order chi connectivity index (χ1) is 6.77. The Balaban J connectivity index is 2.53. The maximum atomic E-state index is 12.8. The number of anilines is 1. The van der Waals surface area contributed by atoms with E-state index in [1.807, 2.05) is 12.1 Å². The van der Waals surface area contributed by atoms with Gasteiger partial charge in [0.05, 0.1) is 0 Å². The van der Waals surface area contributed by atoms with Crippen LogP contribution in [-0.4, -0.2) is 4.98 Å². The summed E-state index contributed by atoms with van der Waals surface area (Å²) in [4.78, 5) is 3.98. The van der Waals surface area contributed by atoms with E-state index in [4.69, 9.17) is 5.73 Å². The van der Waals surface area contributed by atoms with E-state index in [-0.39, 0.29) is 5.82 Å². The second-order valence-electron chi connectivity index (χ2n) is 2.97. The molecule has 0 aliphatic carbocycles. The van der Waals surface area contributed by atoms with Crippen LogP contribution in [0.2, 0.25) is 0 Å². The molecule has 0 saturated carbocycles. The molecule has 1 aromatic heterocycles. The third-order valence-corrected chi connectivity index (χ3v) is 1.99. The number of halogens is 1. The lowest BCUT2D eigenvalue weighted by molar-refractivity contribution is 0.628. The third-order valence-electron chi connectivity index (χ3n) is 1.99. The molecule has 3 heteroatoms. The molecular weight excluding hydrogens is 179 g/mol. The molecule has 2 aromatic rings. The Morgan fingerprint density at radius 2 is 2.07 bits per heavy atom. The van der Waals surface area contributed by atoms with E-state index in [1.54, 1.807) is 18.5 Å². The Morgan fingerprint density at radius 1 is 1.21 bits per heavy atom. The third kappa shape index (κ3) is 1.57. The van der Waals surface area contributed by atoms with Gasteiger partial charge in [0.25, 0.3) is 0 Å². The molecule has 14 heavy (non-hydrogen) atoms. The summed E-state index contributed by atoms with van der Waals surface area (Å²) >= 11 is 0. The minimum atomic E-state index is -0.324. The van der Waals surface area contributed by atoms with Crippen LogP contribution >= 0.6 is 0 Å². The minimum Gasteiger partial charge on any atom is -0.398 e. The van der Waals surface area contributed by atoms with Gasteiger partial charge in [0.1, 0.15) is 5.82 Å². The first kappa shape index (κ1) is 8.69. The van der Waals surface area contributed by atoms with Crippen molar-refractivity contribution in [2.45, 2.75) is 0 Å². The van der Waals surface area contributed by atoms with Crippen molar-refractivity contribution in [3.05, 3.63) is 48.5 Å². The SMILES string of the molecule is Nc1cc(F)ccc1-c1cccnc1. The first-order valence-electron chi connectivity index (χ1n) is 4.23. The van der Waals surface area contributed by atoms with Gasteiger partial charge in [0, 0.05) is 29.2 Å². The van der Waals surface area contributed by atoms with Gasteiger partial charge in [-0.2, -0.15) is 0 Å². The predicted molar refractivity (Wildman–Crippen MR) is 54.0 cm³/mol.